The Kier molecular flexibility index (Phi) is 5.29. The zero-order valence-corrected chi connectivity index (χ0v) is 17.1. The molecule has 0 saturated carbocycles. The molecule has 0 radical (unpaired) electrons. The Morgan fingerprint density at radius 2 is 1.97 bits per heavy atom. The highest BCUT2D eigenvalue weighted by molar-refractivity contribution is 7.22. The first kappa shape index (κ1) is 19.7. The molecule has 4 rings (SSSR count). The number of rotatable bonds is 6. The lowest BCUT2D eigenvalue weighted by Crippen LogP contribution is -1.91. The summed E-state index contributed by atoms with van der Waals surface area (Å²) >= 11 is 1.47. The molecule has 7 heteroatoms. The van der Waals surface area contributed by atoms with Gasteiger partial charge in [-0.25, -0.2) is 9.78 Å². The Balaban J connectivity index is 1.77. The normalized spacial score (nSPS) is 11.6. The summed E-state index contributed by atoms with van der Waals surface area (Å²) in [6, 6.07) is 12.2. The van der Waals surface area contributed by atoms with Gasteiger partial charge >= 0.3 is 5.97 Å². The van der Waals surface area contributed by atoms with Crippen LogP contribution in [0, 0.1) is 0 Å². The van der Waals surface area contributed by atoms with E-state index in [0.29, 0.717) is 17.3 Å². The van der Waals surface area contributed by atoms with Crippen LogP contribution in [0.4, 0.5) is 0 Å². The predicted molar refractivity (Wildman–Crippen MR) is 116 cm³/mol. The van der Waals surface area contributed by atoms with Gasteiger partial charge in [0, 0.05) is 16.2 Å². The second-order valence-electron chi connectivity index (χ2n) is 7.00. The van der Waals surface area contributed by atoms with E-state index in [0.717, 1.165) is 32.3 Å². The van der Waals surface area contributed by atoms with Crippen molar-refractivity contribution in [3.63, 3.8) is 0 Å². The van der Waals surface area contributed by atoms with Gasteiger partial charge in [-0.2, -0.15) is 0 Å². The number of hydrogen-bond acceptors (Lipinski definition) is 6. The van der Waals surface area contributed by atoms with E-state index in [9.17, 15) is 9.90 Å². The van der Waals surface area contributed by atoms with Gasteiger partial charge in [-0.1, -0.05) is 26.0 Å². The number of nitrogens with zero attached hydrogens (tertiary/aromatic N) is 1. The second kappa shape index (κ2) is 8.04. The summed E-state index contributed by atoms with van der Waals surface area (Å²) in [6.07, 6.45) is 4.04. The number of benzene rings is 2. The first-order valence-corrected chi connectivity index (χ1v) is 10.1. The minimum absolute atomic E-state index is 0.172. The van der Waals surface area contributed by atoms with Gasteiger partial charge in [0.05, 0.1) is 5.69 Å². The van der Waals surface area contributed by atoms with Crippen molar-refractivity contribution in [3.05, 3.63) is 66.2 Å². The first-order valence-electron chi connectivity index (χ1n) is 9.30. The van der Waals surface area contributed by atoms with E-state index < -0.39 is 5.97 Å². The number of ether oxygens (including phenoxy) is 1. The van der Waals surface area contributed by atoms with Crippen molar-refractivity contribution >= 4 is 33.5 Å². The molecule has 6 nitrogen and oxygen atoms in total. The van der Waals surface area contributed by atoms with Crippen LogP contribution in [0.2, 0.25) is 0 Å². The van der Waals surface area contributed by atoms with Gasteiger partial charge in [-0.15, -0.1) is 11.3 Å². The van der Waals surface area contributed by atoms with Crippen LogP contribution in [0.5, 0.6) is 17.2 Å². The highest BCUT2D eigenvalue weighted by Crippen LogP contribution is 2.48. The van der Waals surface area contributed by atoms with Gasteiger partial charge in [0.2, 0.25) is 0 Å². The first-order chi connectivity index (χ1) is 14.4. The SMILES string of the molecule is CC(C)c1ncoc1-c1sc2cc(O)ccc2c1Oc1ccc(C=CC(=O)O)cc1. The maximum Gasteiger partial charge on any atom is 0.328 e. The van der Waals surface area contributed by atoms with E-state index in [1.54, 1.807) is 36.4 Å². The molecule has 0 atom stereocenters. The standard InChI is InChI=1S/C23H19NO5S/c1-13(2)20-22(28-12-24-20)23-21(17-9-6-15(25)11-18(17)30-23)29-16-7-3-14(4-8-16)5-10-19(26)27/h3-13,25H,1-2H3,(H,26,27). The zero-order chi connectivity index (χ0) is 21.3. The molecule has 30 heavy (non-hydrogen) atoms. The minimum Gasteiger partial charge on any atom is -0.508 e. The van der Waals surface area contributed by atoms with E-state index in [-0.39, 0.29) is 11.7 Å². The van der Waals surface area contributed by atoms with E-state index >= 15 is 0 Å². The fourth-order valence-corrected chi connectivity index (χ4v) is 4.24. The fraction of sp³-hybridized carbons (Fsp3) is 0.130. The summed E-state index contributed by atoms with van der Waals surface area (Å²) in [5, 5.41) is 19.5. The van der Waals surface area contributed by atoms with Crippen molar-refractivity contribution in [3.8, 4) is 27.9 Å². The summed E-state index contributed by atoms with van der Waals surface area (Å²) in [5.41, 5.74) is 1.59. The van der Waals surface area contributed by atoms with Crippen LogP contribution in [-0.4, -0.2) is 21.2 Å². The van der Waals surface area contributed by atoms with E-state index in [2.05, 4.69) is 4.98 Å². The Hall–Kier alpha value is -3.58. The molecule has 0 bridgehead atoms. The minimum atomic E-state index is -0.999. The summed E-state index contributed by atoms with van der Waals surface area (Å²) in [4.78, 5) is 15.8. The number of hydrogen-bond donors (Lipinski definition) is 2. The molecule has 2 aromatic heterocycles. The van der Waals surface area contributed by atoms with E-state index in [4.69, 9.17) is 14.3 Å². The highest BCUT2D eigenvalue weighted by atomic mass is 32.1. The molecule has 4 aromatic rings. The molecular formula is C23H19NO5S. The quantitative estimate of drug-likeness (QED) is 0.356. The van der Waals surface area contributed by atoms with Crippen LogP contribution in [0.1, 0.15) is 31.0 Å². The number of aliphatic carboxylic acids is 1. The number of aromatic nitrogens is 1. The number of phenolic OH excluding ortho intramolecular Hbond substituents is 1. The number of aromatic hydroxyl groups is 1. The molecule has 0 aliphatic carbocycles. The van der Waals surface area contributed by atoms with Gasteiger partial charge in [0.25, 0.3) is 0 Å². The van der Waals surface area contributed by atoms with Crippen molar-refractivity contribution in [2.45, 2.75) is 19.8 Å². The van der Waals surface area contributed by atoms with Crippen molar-refractivity contribution in [1.29, 1.82) is 0 Å². The average Bonchev–Trinajstić information content (AvgIpc) is 3.32. The molecule has 0 aliphatic heterocycles. The molecule has 0 spiro atoms. The van der Waals surface area contributed by atoms with Gasteiger partial charge in [0.15, 0.2) is 17.9 Å². The number of thiophene rings is 1. The number of oxazole rings is 1. The van der Waals surface area contributed by atoms with Crippen LogP contribution in [0.15, 0.2) is 59.4 Å². The predicted octanol–water partition coefficient (Wildman–Crippen LogP) is 6.28. The van der Waals surface area contributed by atoms with Gasteiger partial charge in [0.1, 0.15) is 16.4 Å². The number of fused-ring (bicyclic) bond motifs is 1. The van der Waals surface area contributed by atoms with E-state index in [1.165, 1.54) is 23.8 Å². The zero-order valence-electron chi connectivity index (χ0n) is 16.3. The second-order valence-corrected chi connectivity index (χ2v) is 8.06. The molecule has 0 fully saturated rings. The molecule has 0 aliphatic rings. The maximum atomic E-state index is 10.7. The molecular weight excluding hydrogens is 402 g/mol. The third kappa shape index (κ3) is 3.92. The molecule has 2 aromatic carbocycles. The smallest absolute Gasteiger partial charge is 0.328 e. The van der Waals surface area contributed by atoms with Crippen LogP contribution in [0.3, 0.4) is 0 Å². The van der Waals surface area contributed by atoms with Crippen molar-refractivity contribution in [2.75, 3.05) is 0 Å². The maximum absolute atomic E-state index is 10.7. The van der Waals surface area contributed by atoms with Crippen LogP contribution >= 0.6 is 11.3 Å². The molecule has 152 valence electrons. The molecule has 2 N–H and O–H groups in total. The van der Waals surface area contributed by atoms with Gasteiger partial charge in [-0.05, 0) is 47.9 Å². The van der Waals surface area contributed by atoms with Crippen LogP contribution in [0.25, 0.3) is 26.8 Å². The third-order valence-corrected chi connectivity index (χ3v) is 5.63. The molecule has 0 unspecified atom stereocenters. The largest absolute Gasteiger partial charge is 0.508 e. The topological polar surface area (TPSA) is 92.8 Å². The third-order valence-electron chi connectivity index (χ3n) is 4.49. The van der Waals surface area contributed by atoms with Gasteiger partial charge < -0.3 is 19.4 Å². The highest BCUT2D eigenvalue weighted by Gasteiger charge is 2.23. The Bertz CT molecular complexity index is 1230. The lowest BCUT2D eigenvalue weighted by atomic mass is 10.1. The Morgan fingerprint density at radius 1 is 1.20 bits per heavy atom. The summed E-state index contributed by atoms with van der Waals surface area (Å²) in [6.45, 7) is 4.09. The monoisotopic (exact) mass is 421 g/mol. The van der Waals surface area contributed by atoms with Gasteiger partial charge in [-0.3, -0.25) is 0 Å². The number of carboxylic acid groups (broad SMARTS) is 1. The fourth-order valence-electron chi connectivity index (χ4n) is 3.08. The summed E-state index contributed by atoms with van der Waals surface area (Å²) in [5.74, 6) is 1.23. The number of carboxylic acids is 1. The van der Waals surface area contributed by atoms with Crippen molar-refractivity contribution in [2.24, 2.45) is 0 Å². The summed E-state index contributed by atoms with van der Waals surface area (Å²) < 4.78 is 12.8. The number of phenols is 1. The van der Waals surface area contributed by atoms with E-state index in [1.807, 2.05) is 19.9 Å². The summed E-state index contributed by atoms with van der Waals surface area (Å²) in [7, 11) is 0. The molecule has 0 amide bonds. The van der Waals surface area contributed by atoms with Crippen LogP contribution < -0.4 is 4.74 Å². The van der Waals surface area contributed by atoms with Crippen molar-refractivity contribution < 1.29 is 24.2 Å². The lowest BCUT2D eigenvalue weighted by molar-refractivity contribution is -0.131. The Morgan fingerprint density at radius 3 is 2.67 bits per heavy atom. The molecule has 0 saturated heterocycles. The number of carbonyl (C=O) groups is 1. The van der Waals surface area contributed by atoms with Crippen LogP contribution in [-0.2, 0) is 4.79 Å². The Labute approximate surface area is 176 Å². The van der Waals surface area contributed by atoms with Crippen molar-refractivity contribution in [1.82, 2.24) is 4.98 Å². The lowest BCUT2D eigenvalue weighted by Gasteiger charge is -2.09. The molecule has 2 heterocycles. The average molecular weight is 421 g/mol.